The second-order valence-corrected chi connectivity index (χ2v) is 8.27. The molecule has 0 radical (unpaired) electrons. The van der Waals surface area contributed by atoms with E-state index in [1.54, 1.807) is 6.07 Å². The van der Waals surface area contributed by atoms with E-state index in [0.717, 1.165) is 0 Å². The van der Waals surface area contributed by atoms with Crippen LogP contribution in [0.5, 0.6) is 0 Å². The molecule has 7 heteroatoms. The van der Waals surface area contributed by atoms with Gasteiger partial charge < -0.3 is 11.5 Å². The fourth-order valence-corrected chi connectivity index (χ4v) is 5.54. The molecule has 0 heterocycles. The van der Waals surface area contributed by atoms with E-state index in [9.17, 15) is 12.8 Å². The van der Waals surface area contributed by atoms with Crippen LogP contribution in [-0.4, -0.2) is 25.8 Å². The number of hydrogen-bond donors (Lipinski definition) is 2. The van der Waals surface area contributed by atoms with Crippen LogP contribution in [0.2, 0.25) is 5.02 Å². The summed E-state index contributed by atoms with van der Waals surface area (Å²) in [5.41, 5.74) is 11.4. The van der Waals surface area contributed by atoms with E-state index in [4.69, 9.17) is 23.1 Å². The van der Waals surface area contributed by atoms with Gasteiger partial charge in [0.15, 0.2) is 9.84 Å². The molecule has 0 unspecified atom stereocenters. The molecular formula is C16H16ClFN2O2S. The van der Waals surface area contributed by atoms with Gasteiger partial charge >= 0.3 is 0 Å². The smallest absolute Gasteiger partial charge is 0.183 e. The molecule has 2 aromatic carbocycles. The van der Waals surface area contributed by atoms with E-state index in [1.165, 1.54) is 42.5 Å². The summed E-state index contributed by atoms with van der Waals surface area (Å²) in [4.78, 5) is 0.133. The third kappa shape index (κ3) is 2.65. The molecule has 0 aromatic heterocycles. The van der Waals surface area contributed by atoms with Crippen LogP contribution in [0.25, 0.3) is 0 Å². The largest absolute Gasteiger partial charge is 0.329 e. The van der Waals surface area contributed by atoms with Crippen molar-refractivity contribution in [2.24, 2.45) is 11.5 Å². The number of hydrogen-bond acceptors (Lipinski definition) is 4. The Hall–Kier alpha value is -1.47. The number of halogens is 2. The van der Waals surface area contributed by atoms with Crippen LogP contribution in [0.1, 0.15) is 11.5 Å². The molecule has 1 aliphatic rings. The topological polar surface area (TPSA) is 86.2 Å². The molecule has 0 spiro atoms. The molecule has 0 saturated heterocycles. The average Bonchev–Trinajstić information content (AvgIpc) is 3.15. The molecule has 4 nitrogen and oxygen atoms in total. The molecule has 4 N–H and O–H groups in total. The fraction of sp³-hybridized carbons (Fsp3) is 0.250. The van der Waals surface area contributed by atoms with E-state index in [-0.39, 0.29) is 11.4 Å². The fourth-order valence-electron chi connectivity index (χ4n) is 3.09. The highest BCUT2D eigenvalue weighted by Gasteiger charge is 2.68. The molecule has 2 aromatic rings. The van der Waals surface area contributed by atoms with Crippen LogP contribution in [0, 0.1) is 5.82 Å². The first-order valence-electron chi connectivity index (χ1n) is 7.04. The normalized spacial score (nSPS) is 27.0. The summed E-state index contributed by atoms with van der Waals surface area (Å²) in [6.07, 6.45) is 0. The number of benzene rings is 2. The summed E-state index contributed by atoms with van der Waals surface area (Å²) in [7, 11) is -3.70. The monoisotopic (exact) mass is 354 g/mol. The minimum Gasteiger partial charge on any atom is -0.329 e. The van der Waals surface area contributed by atoms with E-state index < -0.39 is 32.4 Å². The van der Waals surface area contributed by atoms with E-state index in [1.807, 2.05) is 0 Å². The molecule has 23 heavy (non-hydrogen) atoms. The Morgan fingerprint density at radius 3 is 2.39 bits per heavy atom. The van der Waals surface area contributed by atoms with Gasteiger partial charge in [-0.25, -0.2) is 12.8 Å². The Bertz CT molecular complexity index is 841. The molecule has 1 fully saturated rings. The van der Waals surface area contributed by atoms with Gasteiger partial charge in [0.2, 0.25) is 0 Å². The lowest BCUT2D eigenvalue weighted by molar-refractivity contribution is 0.586. The Morgan fingerprint density at radius 2 is 1.83 bits per heavy atom. The Balaban J connectivity index is 2.03. The first kappa shape index (κ1) is 16.4. The van der Waals surface area contributed by atoms with Gasteiger partial charge in [0.1, 0.15) is 5.82 Å². The summed E-state index contributed by atoms with van der Waals surface area (Å²) in [6, 6.07) is 11.7. The zero-order valence-corrected chi connectivity index (χ0v) is 13.7. The van der Waals surface area contributed by atoms with Gasteiger partial charge in [-0.15, -0.1) is 0 Å². The summed E-state index contributed by atoms with van der Waals surface area (Å²) in [6.45, 7) is -0.00827. The van der Waals surface area contributed by atoms with Crippen molar-refractivity contribution in [3.63, 3.8) is 0 Å². The summed E-state index contributed by atoms with van der Waals surface area (Å²) in [5, 5.41) is -0.442. The number of rotatable bonds is 4. The van der Waals surface area contributed by atoms with Gasteiger partial charge in [-0.2, -0.15) is 0 Å². The van der Waals surface area contributed by atoms with Crippen LogP contribution < -0.4 is 11.5 Å². The average molecular weight is 355 g/mol. The highest BCUT2D eigenvalue weighted by Crippen LogP contribution is 2.55. The zero-order chi connectivity index (χ0) is 16.8. The Labute approximate surface area is 139 Å². The molecule has 122 valence electrons. The van der Waals surface area contributed by atoms with E-state index >= 15 is 0 Å². The van der Waals surface area contributed by atoms with Gasteiger partial charge in [0.25, 0.3) is 0 Å². The third-order valence-electron chi connectivity index (χ3n) is 4.34. The summed E-state index contributed by atoms with van der Waals surface area (Å²) < 4.78 is 39.2. The van der Waals surface area contributed by atoms with E-state index in [2.05, 4.69) is 0 Å². The van der Waals surface area contributed by atoms with E-state index in [0.29, 0.717) is 10.6 Å². The van der Waals surface area contributed by atoms with Crippen LogP contribution in [0.15, 0.2) is 53.4 Å². The van der Waals surface area contributed by atoms with Gasteiger partial charge in [0, 0.05) is 17.5 Å². The molecule has 0 aliphatic heterocycles. The second kappa shape index (κ2) is 5.56. The lowest BCUT2D eigenvalue weighted by Gasteiger charge is -2.09. The lowest BCUT2D eigenvalue weighted by Crippen LogP contribution is -2.39. The highest BCUT2D eigenvalue weighted by atomic mass is 35.5. The second-order valence-electron chi connectivity index (χ2n) is 5.77. The molecule has 0 bridgehead atoms. The SMILES string of the molecule is NC[C@@]1(N)[C@@H](c2cccc(F)c2)[C@@H]1S(=O)(=O)c1ccc(Cl)cc1. The molecular weight excluding hydrogens is 339 g/mol. The molecule has 3 rings (SSSR count). The van der Waals surface area contributed by atoms with Crippen molar-refractivity contribution in [3.05, 3.63) is 64.9 Å². The van der Waals surface area contributed by atoms with Crippen molar-refractivity contribution in [3.8, 4) is 0 Å². The maximum Gasteiger partial charge on any atom is 0.183 e. The third-order valence-corrected chi connectivity index (χ3v) is 6.90. The van der Waals surface area contributed by atoms with Gasteiger partial charge in [-0.1, -0.05) is 23.7 Å². The minimum atomic E-state index is -3.70. The lowest BCUT2D eigenvalue weighted by atomic mass is 10.1. The Kier molecular flexibility index (Phi) is 3.96. The van der Waals surface area contributed by atoms with Crippen molar-refractivity contribution in [1.29, 1.82) is 0 Å². The first-order valence-corrected chi connectivity index (χ1v) is 8.97. The van der Waals surface area contributed by atoms with Crippen molar-refractivity contribution >= 4 is 21.4 Å². The van der Waals surface area contributed by atoms with Crippen molar-refractivity contribution in [1.82, 2.24) is 0 Å². The van der Waals surface area contributed by atoms with Crippen LogP contribution in [0.4, 0.5) is 4.39 Å². The molecule has 3 atom stereocenters. The quantitative estimate of drug-likeness (QED) is 0.880. The highest BCUT2D eigenvalue weighted by molar-refractivity contribution is 7.92. The maximum atomic E-state index is 13.5. The molecule has 1 saturated carbocycles. The number of sulfone groups is 1. The van der Waals surface area contributed by atoms with Gasteiger partial charge in [-0.05, 0) is 42.0 Å². The summed E-state index contributed by atoms with van der Waals surface area (Å²) in [5.74, 6) is -0.972. The Morgan fingerprint density at radius 1 is 1.17 bits per heavy atom. The maximum absolute atomic E-state index is 13.5. The van der Waals surface area contributed by atoms with Crippen molar-refractivity contribution < 1.29 is 12.8 Å². The van der Waals surface area contributed by atoms with Crippen LogP contribution >= 0.6 is 11.6 Å². The van der Waals surface area contributed by atoms with Crippen molar-refractivity contribution in [2.45, 2.75) is 21.6 Å². The predicted molar refractivity (Wildman–Crippen MR) is 87.5 cm³/mol. The van der Waals surface area contributed by atoms with Gasteiger partial charge in [0.05, 0.1) is 15.7 Å². The zero-order valence-electron chi connectivity index (χ0n) is 12.1. The predicted octanol–water partition coefficient (Wildman–Crippen LogP) is 2.07. The minimum absolute atomic E-state index is 0.00827. The van der Waals surface area contributed by atoms with Crippen LogP contribution in [-0.2, 0) is 9.84 Å². The summed E-state index contributed by atoms with van der Waals surface area (Å²) >= 11 is 5.80. The van der Waals surface area contributed by atoms with Crippen molar-refractivity contribution in [2.75, 3.05) is 6.54 Å². The molecule has 0 amide bonds. The number of nitrogens with two attached hydrogens (primary N) is 2. The van der Waals surface area contributed by atoms with Gasteiger partial charge in [-0.3, -0.25) is 0 Å². The van der Waals surface area contributed by atoms with Crippen LogP contribution in [0.3, 0.4) is 0 Å². The molecule has 1 aliphatic carbocycles. The first-order chi connectivity index (χ1) is 10.8. The standard InChI is InChI=1S/C16H16ClFN2O2S/c17-11-4-6-13(7-5-11)23(21,22)15-14(16(15,20)9-19)10-2-1-3-12(18)8-10/h1-8,14-15H,9,19-20H2/t14-,15-,16+/m0/s1.